The van der Waals surface area contributed by atoms with E-state index in [1.807, 2.05) is 0 Å². The van der Waals surface area contributed by atoms with Gasteiger partial charge in [-0.3, -0.25) is 0 Å². The van der Waals surface area contributed by atoms with Gasteiger partial charge in [-0.25, -0.2) is 9.59 Å². The first-order chi connectivity index (χ1) is 14.9. The molecular weight excluding hydrogens is 412 g/mol. The van der Waals surface area contributed by atoms with Gasteiger partial charge in [0.1, 0.15) is 0 Å². The molecule has 4 aromatic rings. The minimum atomic E-state index is -0.756. The van der Waals surface area contributed by atoms with Crippen molar-refractivity contribution in [3.05, 3.63) is 51.2 Å². The molecule has 0 saturated carbocycles. The number of rotatable bonds is 5. The molecular formula is C21H16O10. The van der Waals surface area contributed by atoms with Gasteiger partial charge in [0, 0.05) is 17.5 Å². The molecule has 2 aromatic carbocycles. The summed E-state index contributed by atoms with van der Waals surface area (Å²) in [4.78, 5) is 23.5. The first kappa shape index (κ1) is 20.0. The van der Waals surface area contributed by atoms with Crippen LogP contribution in [0.1, 0.15) is 0 Å². The average Bonchev–Trinajstić information content (AvgIpc) is 2.77. The zero-order valence-corrected chi connectivity index (χ0v) is 16.5. The molecule has 10 heteroatoms. The Morgan fingerprint density at radius 3 is 2.00 bits per heavy atom. The zero-order valence-electron chi connectivity index (χ0n) is 16.5. The second-order valence-corrected chi connectivity index (χ2v) is 6.27. The molecule has 0 unspecified atom stereocenters. The molecule has 0 radical (unpaired) electrons. The highest BCUT2D eigenvalue weighted by Crippen LogP contribution is 2.53. The lowest BCUT2D eigenvalue weighted by atomic mass is 10.1. The van der Waals surface area contributed by atoms with Gasteiger partial charge in [-0.1, -0.05) is 0 Å². The van der Waals surface area contributed by atoms with Gasteiger partial charge < -0.3 is 38.0 Å². The van der Waals surface area contributed by atoms with Gasteiger partial charge in [0.25, 0.3) is 0 Å². The van der Waals surface area contributed by atoms with Crippen molar-refractivity contribution < 1.29 is 38.0 Å². The molecule has 31 heavy (non-hydrogen) atoms. The third-order valence-corrected chi connectivity index (χ3v) is 4.56. The predicted molar refractivity (Wildman–Crippen MR) is 108 cm³/mol. The normalized spacial score (nSPS) is 10.9. The Bertz CT molecular complexity index is 1430. The van der Waals surface area contributed by atoms with Crippen molar-refractivity contribution in [3.63, 3.8) is 0 Å². The second-order valence-electron chi connectivity index (χ2n) is 6.27. The standard InChI is InChI=1S/C21H16O10/c1-26-11-8-9-4-6-12(22)29-16(9)21(19(11)27-2)31-18-10-5-7-13(23)30-17(10)14(24)15(25)20(18)28-3/h4-8,24-25H,1-3H3. The fourth-order valence-electron chi connectivity index (χ4n) is 3.19. The topological polar surface area (TPSA) is 138 Å². The molecule has 0 aliphatic rings. The largest absolute Gasteiger partial charge is 0.502 e. The summed E-state index contributed by atoms with van der Waals surface area (Å²) >= 11 is 0. The van der Waals surface area contributed by atoms with Crippen LogP contribution < -0.4 is 30.2 Å². The van der Waals surface area contributed by atoms with Crippen molar-refractivity contribution >= 4 is 21.9 Å². The Morgan fingerprint density at radius 1 is 0.710 bits per heavy atom. The summed E-state index contributed by atoms with van der Waals surface area (Å²) in [6.45, 7) is 0. The van der Waals surface area contributed by atoms with E-state index in [9.17, 15) is 19.8 Å². The van der Waals surface area contributed by atoms with Gasteiger partial charge >= 0.3 is 11.3 Å². The Balaban J connectivity index is 2.11. The number of hydrogen-bond acceptors (Lipinski definition) is 10. The number of benzene rings is 2. The van der Waals surface area contributed by atoms with E-state index in [4.69, 9.17) is 27.8 Å². The molecule has 0 spiro atoms. The van der Waals surface area contributed by atoms with Crippen molar-refractivity contribution in [1.82, 2.24) is 0 Å². The lowest BCUT2D eigenvalue weighted by molar-refractivity contribution is 0.318. The van der Waals surface area contributed by atoms with Crippen molar-refractivity contribution in [3.8, 4) is 40.2 Å². The van der Waals surface area contributed by atoms with E-state index in [2.05, 4.69) is 0 Å². The van der Waals surface area contributed by atoms with Crippen LogP contribution in [0.2, 0.25) is 0 Å². The Kier molecular flexibility index (Phi) is 4.82. The quantitative estimate of drug-likeness (QED) is 0.360. The number of phenolic OH excluding ortho intramolecular Hbond substituents is 2. The van der Waals surface area contributed by atoms with Gasteiger partial charge in [-0.2, -0.15) is 0 Å². The molecule has 0 aliphatic heterocycles. The minimum Gasteiger partial charge on any atom is -0.502 e. The highest BCUT2D eigenvalue weighted by atomic mass is 16.6. The molecule has 10 nitrogen and oxygen atoms in total. The van der Waals surface area contributed by atoms with Gasteiger partial charge in [0.2, 0.25) is 28.7 Å². The van der Waals surface area contributed by atoms with Gasteiger partial charge in [-0.05, 0) is 18.2 Å². The summed E-state index contributed by atoms with van der Waals surface area (Å²) in [7, 11) is 4.03. The monoisotopic (exact) mass is 428 g/mol. The fourth-order valence-corrected chi connectivity index (χ4v) is 3.19. The predicted octanol–water partition coefficient (Wildman–Crippen LogP) is 3.13. The molecule has 0 fully saturated rings. The van der Waals surface area contributed by atoms with E-state index in [-0.39, 0.29) is 45.3 Å². The Hall–Kier alpha value is -4.34. The molecule has 2 N–H and O–H groups in total. The van der Waals surface area contributed by atoms with Crippen LogP contribution >= 0.6 is 0 Å². The smallest absolute Gasteiger partial charge is 0.336 e. The van der Waals surface area contributed by atoms with Gasteiger partial charge in [0.15, 0.2) is 22.7 Å². The van der Waals surface area contributed by atoms with Gasteiger partial charge in [-0.15, -0.1) is 0 Å². The summed E-state index contributed by atoms with van der Waals surface area (Å²) < 4.78 is 32.4. The van der Waals surface area contributed by atoms with E-state index >= 15 is 0 Å². The van der Waals surface area contributed by atoms with Crippen LogP contribution in [0.5, 0.6) is 40.2 Å². The van der Waals surface area contributed by atoms with Crippen LogP contribution in [0.4, 0.5) is 0 Å². The lowest BCUT2D eigenvalue weighted by Crippen LogP contribution is -2.02. The van der Waals surface area contributed by atoms with Crippen LogP contribution in [0, 0.1) is 0 Å². The Morgan fingerprint density at radius 2 is 1.35 bits per heavy atom. The summed E-state index contributed by atoms with van der Waals surface area (Å²) in [6, 6.07) is 6.76. The van der Waals surface area contributed by atoms with E-state index in [0.29, 0.717) is 5.39 Å². The molecule has 0 atom stereocenters. The van der Waals surface area contributed by atoms with E-state index in [0.717, 1.165) is 6.07 Å². The number of aromatic hydroxyl groups is 2. The molecule has 4 rings (SSSR count). The van der Waals surface area contributed by atoms with E-state index < -0.39 is 22.8 Å². The average molecular weight is 428 g/mol. The number of phenols is 2. The third kappa shape index (κ3) is 3.14. The van der Waals surface area contributed by atoms with Crippen molar-refractivity contribution in [2.75, 3.05) is 21.3 Å². The van der Waals surface area contributed by atoms with Crippen LogP contribution in [-0.4, -0.2) is 31.5 Å². The molecule has 2 aromatic heterocycles. The van der Waals surface area contributed by atoms with E-state index in [1.54, 1.807) is 6.07 Å². The first-order valence-electron chi connectivity index (χ1n) is 8.82. The van der Waals surface area contributed by atoms with E-state index in [1.165, 1.54) is 39.5 Å². The molecule has 160 valence electrons. The number of ether oxygens (including phenoxy) is 4. The number of methoxy groups -OCH3 is 3. The maximum absolute atomic E-state index is 11.9. The zero-order chi connectivity index (χ0) is 22.3. The second kappa shape index (κ2) is 7.48. The van der Waals surface area contributed by atoms with Crippen molar-refractivity contribution in [2.24, 2.45) is 0 Å². The van der Waals surface area contributed by atoms with Crippen LogP contribution in [0.25, 0.3) is 21.9 Å². The molecule has 2 heterocycles. The summed E-state index contributed by atoms with van der Waals surface area (Å²) in [5.74, 6) is -1.50. The first-order valence-corrected chi connectivity index (χ1v) is 8.82. The van der Waals surface area contributed by atoms with Crippen LogP contribution in [-0.2, 0) is 0 Å². The van der Waals surface area contributed by atoms with Gasteiger partial charge in [0.05, 0.1) is 26.7 Å². The summed E-state index contributed by atoms with van der Waals surface area (Å²) in [5.41, 5.74) is -1.69. The molecule has 0 aliphatic carbocycles. The Labute approximate surface area is 173 Å². The molecule has 0 bridgehead atoms. The van der Waals surface area contributed by atoms with Crippen LogP contribution in [0.3, 0.4) is 0 Å². The van der Waals surface area contributed by atoms with Crippen LogP contribution in [0.15, 0.2) is 48.8 Å². The SMILES string of the molecule is COc1cc2ccc(=O)oc2c(Oc2c(OC)c(O)c(O)c3oc(=O)ccc23)c1OC. The molecule has 0 saturated heterocycles. The number of hydrogen-bond donors (Lipinski definition) is 2. The maximum atomic E-state index is 11.9. The summed E-state index contributed by atoms with van der Waals surface area (Å²) in [6.07, 6.45) is 0. The highest BCUT2D eigenvalue weighted by Gasteiger charge is 2.27. The number of fused-ring (bicyclic) bond motifs is 2. The lowest BCUT2D eigenvalue weighted by Gasteiger charge is -2.18. The fraction of sp³-hybridized carbons (Fsp3) is 0.143. The van der Waals surface area contributed by atoms with Crippen molar-refractivity contribution in [1.29, 1.82) is 0 Å². The van der Waals surface area contributed by atoms with Crippen molar-refractivity contribution in [2.45, 2.75) is 0 Å². The molecule has 0 amide bonds. The minimum absolute atomic E-state index is 0.0327. The summed E-state index contributed by atoms with van der Waals surface area (Å²) in [5, 5.41) is 21.2. The maximum Gasteiger partial charge on any atom is 0.336 e. The third-order valence-electron chi connectivity index (χ3n) is 4.56. The highest BCUT2D eigenvalue weighted by molar-refractivity contribution is 5.96.